The van der Waals surface area contributed by atoms with Gasteiger partial charge in [0.25, 0.3) is 5.56 Å². The first-order valence-electron chi connectivity index (χ1n) is 5.91. The van der Waals surface area contributed by atoms with Gasteiger partial charge in [0.1, 0.15) is 17.8 Å². The number of aliphatic hydroxyl groups is 3. The van der Waals surface area contributed by atoms with Gasteiger partial charge in [0, 0.05) is 12.3 Å². The van der Waals surface area contributed by atoms with E-state index in [4.69, 9.17) is 4.74 Å². The van der Waals surface area contributed by atoms with Crippen LogP contribution in [-0.4, -0.2) is 49.3 Å². The second-order valence-electron chi connectivity index (χ2n) is 4.54. The lowest BCUT2D eigenvalue weighted by Crippen LogP contribution is -2.45. The van der Waals surface area contributed by atoms with E-state index < -0.39 is 41.9 Å². The third-order valence-corrected chi connectivity index (χ3v) is 3.50. The molecule has 106 valence electrons. The van der Waals surface area contributed by atoms with E-state index in [0.29, 0.717) is 0 Å². The predicted octanol–water partition coefficient (Wildman–Crippen LogP) is -2.07. The number of nitrogens with one attached hydrogen (secondary N) is 1. The minimum Gasteiger partial charge on any atom is -0.393 e. The Morgan fingerprint density at radius 3 is 2.63 bits per heavy atom. The molecule has 1 aromatic heterocycles. The van der Waals surface area contributed by atoms with Gasteiger partial charge < -0.3 is 20.1 Å². The molecule has 8 nitrogen and oxygen atoms in total. The molecule has 4 atom stereocenters. The molecule has 0 aromatic carbocycles. The van der Waals surface area contributed by atoms with Crippen LogP contribution in [0.3, 0.4) is 0 Å². The van der Waals surface area contributed by atoms with Crippen LogP contribution in [0.15, 0.2) is 21.9 Å². The minimum absolute atomic E-state index is 0.260. The zero-order valence-electron chi connectivity index (χ0n) is 10.3. The van der Waals surface area contributed by atoms with E-state index in [9.17, 15) is 24.9 Å². The topological polar surface area (TPSA) is 125 Å². The highest BCUT2D eigenvalue weighted by Crippen LogP contribution is 2.38. The van der Waals surface area contributed by atoms with Crippen molar-refractivity contribution in [3.63, 3.8) is 0 Å². The molecular formula is C11H16N2O6. The van der Waals surface area contributed by atoms with Gasteiger partial charge in [-0.15, -0.1) is 0 Å². The van der Waals surface area contributed by atoms with E-state index in [0.717, 1.165) is 10.6 Å². The fourth-order valence-corrected chi connectivity index (χ4v) is 2.23. The van der Waals surface area contributed by atoms with Crippen molar-refractivity contribution in [3.05, 3.63) is 33.1 Å². The average molecular weight is 272 g/mol. The number of ether oxygens (including phenoxy) is 1. The maximum absolute atomic E-state index is 11.6. The molecule has 0 bridgehead atoms. The Morgan fingerprint density at radius 2 is 2.16 bits per heavy atom. The van der Waals surface area contributed by atoms with Crippen molar-refractivity contribution >= 4 is 0 Å². The van der Waals surface area contributed by atoms with Gasteiger partial charge >= 0.3 is 5.69 Å². The second kappa shape index (κ2) is 4.89. The number of hydrogen-bond acceptors (Lipinski definition) is 6. The average Bonchev–Trinajstić information content (AvgIpc) is 2.64. The first-order valence-corrected chi connectivity index (χ1v) is 5.91. The van der Waals surface area contributed by atoms with Crippen LogP contribution < -0.4 is 11.2 Å². The fourth-order valence-electron chi connectivity index (χ4n) is 2.23. The van der Waals surface area contributed by atoms with Crippen LogP contribution in [0, 0.1) is 0 Å². The molecule has 1 aliphatic heterocycles. The van der Waals surface area contributed by atoms with Gasteiger partial charge in [0.15, 0.2) is 6.23 Å². The van der Waals surface area contributed by atoms with Crippen molar-refractivity contribution in [1.29, 1.82) is 0 Å². The molecule has 1 fully saturated rings. The van der Waals surface area contributed by atoms with Crippen molar-refractivity contribution < 1.29 is 20.1 Å². The third kappa shape index (κ3) is 2.12. The van der Waals surface area contributed by atoms with Crippen LogP contribution in [0.1, 0.15) is 19.6 Å². The molecule has 4 N–H and O–H groups in total. The number of aromatic amines is 1. The highest BCUT2D eigenvalue weighted by Gasteiger charge is 2.53. The first-order chi connectivity index (χ1) is 8.95. The van der Waals surface area contributed by atoms with Gasteiger partial charge in [0.2, 0.25) is 0 Å². The summed E-state index contributed by atoms with van der Waals surface area (Å²) in [7, 11) is 0. The molecule has 2 rings (SSSR count). The molecule has 1 aromatic rings. The van der Waals surface area contributed by atoms with Crippen LogP contribution in [0.2, 0.25) is 0 Å². The van der Waals surface area contributed by atoms with Crippen molar-refractivity contribution in [3.8, 4) is 0 Å². The summed E-state index contributed by atoms with van der Waals surface area (Å²) >= 11 is 0. The minimum atomic E-state index is -1.38. The molecule has 0 spiro atoms. The maximum atomic E-state index is 11.6. The van der Waals surface area contributed by atoms with E-state index in [-0.39, 0.29) is 6.42 Å². The third-order valence-electron chi connectivity index (χ3n) is 3.50. The lowest BCUT2D eigenvalue weighted by molar-refractivity contribution is -0.130. The summed E-state index contributed by atoms with van der Waals surface area (Å²) in [4.78, 5) is 24.7. The predicted molar refractivity (Wildman–Crippen MR) is 63.6 cm³/mol. The standard InChI is InChI=1S/C11H16N2O6/c1-2-11(5-14)8(17)7(16)9(19-11)13-4-3-6(15)12-10(13)18/h3-4,7-9,14,16-17H,2,5H2,1H3,(H,12,15,18)/t7-,8?,9+,11+/m0/s1. The Bertz CT molecular complexity index is 561. The SMILES string of the molecule is CC[C@]1(CO)O[C@@H](n2ccc(=O)[nH]c2=O)[C@@H](O)C1O. The van der Waals surface area contributed by atoms with E-state index in [1.165, 1.54) is 6.20 Å². The highest BCUT2D eigenvalue weighted by atomic mass is 16.6. The molecule has 1 aliphatic rings. The van der Waals surface area contributed by atoms with E-state index >= 15 is 0 Å². The molecule has 1 unspecified atom stereocenters. The maximum Gasteiger partial charge on any atom is 0.330 e. The van der Waals surface area contributed by atoms with Gasteiger partial charge in [0.05, 0.1) is 6.61 Å². The Labute approximate surface area is 107 Å². The highest BCUT2D eigenvalue weighted by molar-refractivity contribution is 5.01. The molecule has 1 saturated heterocycles. The van der Waals surface area contributed by atoms with Crippen LogP contribution in [0.5, 0.6) is 0 Å². The van der Waals surface area contributed by atoms with Gasteiger partial charge in [-0.1, -0.05) is 6.92 Å². The lowest BCUT2D eigenvalue weighted by Gasteiger charge is -2.28. The van der Waals surface area contributed by atoms with Gasteiger partial charge in [-0.2, -0.15) is 0 Å². The zero-order chi connectivity index (χ0) is 14.2. The largest absolute Gasteiger partial charge is 0.393 e. The van der Waals surface area contributed by atoms with Crippen LogP contribution >= 0.6 is 0 Å². The number of H-pyrrole nitrogens is 1. The van der Waals surface area contributed by atoms with Crippen molar-refractivity contribution in [2.75, 3.05) is 6.61 Å². The molecule has 0 radical (unpaired) electrons. The summed E-state index contributed by atoms with van der Waals surface area (Å²) in [6, 6.07) is 1.11. The number of hydrogen-bond donors (Lipinski definition) is 4. The van der Waals surface area contributed by atoms with Crippen molar-refractivity contribution in [2.45, 2.75) is 37.4 Å². The van der Waals surface area contributed by atoms with Crippen LogP contribution in [0.25, 0.3) is 0 Å². The Kier molecular flexibility index (Phi) is 3.59. The molecule has 0 saturated carbocycles. The lowest BCUT2D eigenvalue weighted by atomic mass is 9.93. The normalized spacial score (nSPS) is 34.6. The quantitative estimate of drug-likeness (QED) is 0.501. The van der Waals surface area contributed by atoms with Crippen LogP contribution in [0.4, 0.5) is 0 Å². The number of aliphatic hydroxyl groups excluding tert-OH is 3. The summed E-state index contributed by atoms with van der Waals surface area (Å²) in [5, 5.41) is 29.3. The fraction of sp³-hybridized carbons (Fsp3) is 0.636. The number of nitrogens with zero attached hydrogens (tertiary/aromatic N) is 1. The van der Waals surface area contributed by atoms with E-state index in [2.05, 4.69) is 0 Å². The molecule has 19 heavy (non-hydrogen) atoms. The summed E-state index contributed by atoms with van der Waals surface area (Å²) in [5.41, 5.74) is -2.65. The Hall–Kier alpha value is -1.48. The van der Waals surface area contributed by atoms with Gasteiger partial charge in [-0.25, -0.2) is 4.79 Å². The van der Waals surface area contributed by atoms with E-state index in [1.54, 1.807) is 6.92 Å². The summed E-state index contributed by atoms with van der Waals surface area (Å²) < 4.78 is 6.44. The first kappa shape index (κ1) is 13.9. The van der Waals surface area contributed by atoms with Crippen LogP contribution in [-0.2, 0) is 4.74 Å². The Balaban J connectivity index is 2.42. The molecule has 0 amide bonds. The molecular weight excluding hydrogens is 256 g/mol. The molecule has 0 aliphatic carbocycles. The van der Waals surface area contributed by atoms with Gasteiger partial charge in [-0.05, 0) is 6.42 Å². The van der Waals surface area contributed by atoms with Crippen molar-refractivity contribution in [1.82, 2.24) is 9.55 Å². The second-order valence-corrected chi connectivity index (χ2v) is 4.54. The monoisotopic (exact) mass is 272 g/mol. The zero-order valence-corrected chi connectivity index (χ0v) is 10.3. The summed E-state index contributed by atoms with van der Waals surface area (Å²) in [6.07, 6.45) is -2.44. The smallest absolute Gasteiger partial charge is 0.330 e. The van der Waals surface area contributed by atoms with Crippen molar-refractivity contribution in [2.24, 2.45) is 0 Å². The molecule has 2 heterocycles. The molecule has 8 heteroatoms. The summed E-state index contributed by atoms with van der Waals surface area (Å²) in [5.74, 6) is 0. The van der Waals surface area contributed by atoms with Gasteiger partial charge in [-0.3, -0.25) is 14.3 Å². The summed E-state index contributed by atoms with van der Waals surface area (Å²) in [6.45, 7) is 1.19. The Morgan fingerprint density at radius 1 is 1.47 bits per heavy atom. The number of rotatable bonds is 3. The number of aromatic nitrogens is 2. The van der Waals surface area contributed by atoms with E-state index in [1.807, 2.05) is 4.98 Å².